The van der Waals surface area contributed by atoms with Gasteiger partial charge in [-0.2, -0.15) is 0 Å². The fourth-order valence-electron chi connectivity index (χ4n) is 3.01. The Morgan fingerprint density at radius 3 is 2.35 bits per heavy atom. The number of sulfone groups is 1. The number of carbonyl (C=O) groups is 1. The molecule has 0 fully saturated rings. The molecule has 0 atom stereocenters. The molecule has 31 heavy (non-hydrogen) atoms. The van der Waals surface area contributed by atoms with Crippen LogP contribution in [0.4, 0.5) is 20.2 Å². The third-order valence-corrected chi connectivity index (χ3v) is 7.36. The largest absolute Gasteiger partial charge is 0.399 e. The molecule has 0 bridgehead atoms. The van der Waals surface area contributed by atoms with Crippen molar-refractivity contribution in [2.24, 2.45) is 0 Å². The van der Waals surface area contributed by atoms with Crippen LogP contribution >= 0.6 is 11.8 Å². The van der Waals surface area contributed by atoms with E-state index in [0.717, 1.165) is 29.5 Å². The summed E-state index contributed by atoms with van der Waals surface area (Å²) >= 11 is 1.11. The number of hydrogen-bond acceptors (Lipinski definition) is 5. The first kappa shape index (κ1) is 21.1. The van der Waals surface area contributed by atoms with E-state index in [-0.39, 0.29) is 10.8 Å². The molecular formula is C22H16F2N2O3S2. The Bertz CT molecular complexity index is 1300. The van der Waals surface area contributed by atoms with Crippen molar-refractivity contribution >= 4 is 45.0 Å². The zero-order valence-corrected chi connectivity index (χ0v) is 17.6. The smallest absolute Gasteiger partial charge is 0.262 e. The number of nitrogen functional groups attached to an aromatic ring is 1. The molecule has 0 saturated heterocycles. The average Bonchev–Trinajstić information content (AvgIpc) is 2.73. The number of hydrogen-bond donors (Lipinski definition) is 2. The number of fused-ring (bicyclic) bond motifs is 1. The summed E-state index contributed by atoms with van der Waals surface area (Å²) < 4.78 is 53.5. The standard InChI is InChI=1S/C22H16F2N2O3S2/c23-17-2-1-3-18(24)16(17)12-31(28,29)15-8-9-19-20(11-15)30-21(22(27)26-19)10-13-4-6-14(25)7-5-13/h1-11H,12,25H2,(H,26,27). The SMILES string of the molecule is Nc1ccc(C=C2Sc3cc(S(=O)(=O)Cc4c(F)cccc4F)ccc3NC2=O)cc1. The normalized spacial score (nSPS) is 14.9. The summed E-state index contributed by atoms with van der Waals surface area (Å²) in [5.74, 6) is -2.97. The Morgan fingerprint density at radius 2 is 1.68 bits per heavy atom. The number of amides is 1. The second-order valence-electron chi connectivity index (χ2n) is 6.85. The second kappa shape index (κ2) is 8.16. The average molecular weight is 459 g/mol. The zero-order valence-electron chi connectivity index (χ0n) is 15.9. The molecule has 5 nitrogen and oxygen atoms in total. The Balaban J connectivity index is 1.65. The number of nitrogens with two attached hydrogens (primary N) is 1. The van der Waals surface area contributed by atoms with E-state index in [1.807, 2.05) is 0 Å². The summed E-state index contributed by atoms with van der Waals surface area (Å²) in [4.78, 5) is 13.2. The minimum Gasteiger partial charge on any atom is -0.399 e. The third kappa shape index (κ3) is 4.47. The second-order valence-corrected chi connectivity index (χ2v) is 9.92. The van der Waals surface area contributed by atoms with Gasteiger partial charge in [0, 0.05) is 16.1 Å². The molecule has 1 aliphatic rings. The van der Waals surface area contributed by atoms with Crippen LogP contribution < -0.4 is 11.1 Å². The van der Waals surface area contributed by atoms with Gasteiger partial charge < -0.3 is 11.1 Å². The van der Waals surface area contributed by atoms with Gasteiger partial charge in [0.05, 0.1) is 21.2 Å². The predicted octanol–water partition coefficient (Wildman–Crippen LogP) is 4.61. The van der Waals surface area contributed by atoms with Gasteiger partial charge >= 0.3 is 0 Å². The molecule has 3 aromatic carbocycles. The van der Waals surface area contributed by atoms with E-state index in [9.17, 15) is 22.0 Å². The summed E-state index contributed by atoms with van der Waals surface area (Å²) in [6.45, 7) is 0. The molecule has 1 aliphatic heterocycles. The van der Waals surface area contributed by atoms with E-state index >= 15 is 0 Å². The molecule has 4 rings (SSSR count). The molecule has 1 heterocycles. The molecule has 158 valence electrons. The Labute approximate surface area is 181 Å². The summed E-state index contributed by atoms with van der Waals surface area (Å²) in [6, 6.07) is 14.3. The van der Waals surface area contributed by atoms with Crippen LogP contribution in [0, 0.1) is 11.6 Å². The molecule has 3 aromatic rings. The number of thioether (sulfide) groups is 1. The molecule has 0 spiro atoms. The van der Waals surface area contributed by atoms with Crippen molar-refractivity contribution in [1.82, 2.24) is 0 Å². The van der Waals surface area contributed by atoms with Gasteiger partial charge in [0.15, 0.2) is 9.84 Å². The predicted molar refractivity (Wildman–Crippen MR) is 117 cm³/mol. The lowest BCUT2D eigenvalue weighted by Crippen LogP contribution is -2.18. The van der Waals surface area contributed by atoms with Crippen molar-refractivity contribution in [1.29, 1.82) is 0 Å². The molecule has 0 saturated carbocycles. The Kier molecular flexibility index (Phi) is 5.55. The van der Waals surface area contributed by atoms with Crippen LogP contribution in [0.5, 0.6) is 0 Å². The van der Waals surface area contributed by atoms with Gasteiger partial charge in [-0.05, 0) is 54.1 Å². The van der Waals surface area contributed by atoms with Crippen LogP contribution in [0.15, 0.2) is 75.4 Å². The van der Waals surface area contributed by atoms with Crippen LogP contribution in [0.1, 0.15) is 11.1 Å². The number of carbonyl (C=O) groups excluding carboxylic acids is 1. The number of halogens is 2. The molecular weight excluding hydrogens is 442 g/mol. The van der Waals surface area contributed by atoms with Crippen LogP contribution in [0.2, 0.25) is 0 Å². The van der Waals surface area contributed by atoms with E-state index in [4.69, 9.17) is 5.73 Å². The van der Waals surface area contributed by atoms with E-state index in [2.05, 4.69) is 5.32 Å². The van der Waals surface area contributed by atoms with Crippen molar-refractivity contribution < 1.29 is 22.0 Å². The van der Waals surface area contributed by atoms with E-state index in [1.54, 1.807) is 30.3 Å². The lowest BCUT2D eigenvalue weighted by molar-refractivity contribution is -0.112. The summed E-state index contributed by atoms with van der Waals surface area (Å²) in [5, 5.41) is 2.72. The highest BCUT2D eigenvalue weighted by molar-refractivity contribution is 8.04. The molecule has 1 amide bonds. The Morgan fingerprint density at radius 1 is 1.00 bits per heavy atom. The van der Waals surface area contributed by atoms with Gasteiger partial charge in [0.25, 0.3) is 5.91 Å². The fraction of sp³-hybridized carbons (Fsp3) is 0.0455. The number of benzene rings is 3. The highest BCUT2D eigenvalue weighted by Gasteiger charge is 2.25. The van der Waals surface area contributed by atoms with Crippen LogP contribution in [0.3, 0.4) is 0 Å². The lowest BCUT2D eigenvalue weighted by Gasteiger charge is -2.19. The van der Waals surface area contributed by atoms with E-state index in [0.29, 0.717) is 21.2 Å². The summed E-state index contributed by atoms with van der Waals surface area (Å²) in [7, 11) is -4.03. The number of anilines is 2. The first-order valence-electron chi connectivity index (χ1n) is 9.09. The fourth-order valence-corrected chi connectivity index (χ4v) is 5.48. The minimum absolute atomic E-state index is 0.0932. The molecule has 0 radical (unpaired) electrons. The van der Waals surface area contributed by atoms with Crippen LogP contribution in [-0.4, -0.2) is 14.3 Å². The van der Waals surface area contributed by atoms with Crippen molar-refractivity contribution in [2.75, 3.05) is 11.1 Å². The van der Waals surface area contributed by atoms with Gasteiger partial charge in [-0.15, -0.1) is 0 Å². The maximum Gasteiger partial charge on any atom is 0.262 e. The molecule has 3 N–H and O–H groups in total. The van der Waals surface area contributed by atoms with Gasteiger partial charge in [-0.25, -0.2) is 17.2 Å². The Hall–Kier alpha value is -3.17. The van der Waals surface area contributed by atoms with Crippen molar-refractivity contribution in [3.63, 3.8) is 0 Å². The highest BCUT2D eigenvalue weighted by Crippen LogP contribution is 2.40. The zero-order chi connectivity index (χ0) is 22.2. The summed E-state index contributed by atoms with van der Waals surface area (Å²) in [5.41, 5.74) is 6.97. The lowest BCUT2D eigenvalue weighted by atomic mass is 10.2. The quantitative estimate of drug-likeness (QED) is 0.440. The first-order valence-corrected chi connectivity index (χ1v) is 11.6. The van der Waals surface area contributed by atoms with Gasteiger partial charge in [0.1, 0.15) is 11.6 Å². The molecule has 0 aromatic heterocycles. The van der Waals surface area contributed by atoms with Crippen molar-refractivity contribution in [3.05, 3.63) is 88.3 Å². The monoisotopic (exact) mass is 458 g/mol. The number of nitrogens with one attached hydrogen (secondary N) is 1. The number of rotatable bonds is 4. The van der Waals surface area contributed by atoms with Crippen LogP contribution in [-0.2, 0) is 20.4 Å². The highest BCUT2D eigenvalue weighted by atomic mass is 32.2. The maximum absolute atomic E-state index is 13.9. The van der Waals surface area contributed by atoms with Gasteiger partial charge in [0.2, 0.25) is 0 Å². The van der Waals surface area contributed by atoms with E-state index < -0.39 is 32.8 Å². The molecule has 0 aliphatic carbocycles. The van der Waals surface area contributed by atoms with Crippen molar-refractivity contribution in [2.45, 2.75) is 15.5 Å². The maximum atomic E-state index is 13.9. The first-order chi connectivity index (χ1) is 14.7. The van der Waals surface area contributed by atoms with Crippen LogP contribution in [0.25, 0.3) is 6.08 Å². The van der Waals surface area contributed by atoms with Crippen molar-refractivity contribution in [3.8, 4) is 0 Å². The molecule has 0 unspecified atom stereocenters. The molecule has 9 heteroatoms. The van der Waals surface area contributed by atoms with E-state index in [1.165, 1.54) is 24.3 Å². The van der Waals surface area contributed by atoms with Gasteiger partial charge in [-0.1, -0.05) is 30.0 Å². The summed E-state index contributed by atoms with van der Waals surface area (Å²) in [6.07, 6.45) is 1.66. The third-order valence-electron chi connectivity index (χ3n) is 4.63. The minimum atomic E-state index is -4.03. The van der Waals surface area contributed by atoms with Gasteiger partial charge in [-0.3, -0.25) is 4.79 Å². The topological polar surface area (TPSA) is 89.3 Å².